The van der Waals surface area contributed by atoms with E-state index in [9.17, 15) is 4.79 Å². The Hall–Kier alpha value is -3.71. The molecule has 0 bridgehead atoms. The summed E-state index contributed by atoms with van der Waals surface area (Å²) in [7, 11) is 3.19. The van der Waals surface area contributed by atoms with Gasteiger partial charge in [-0.25, -0.2) is 0 Å². The van der Waals surface area contributed by atoms with Crippen LogP contribution in [0.3, 0.4) is 0 Å². The number of fused-ring (bicyclic) bond motifs is 1. The first-order valence-corrected chi connectivity index (χ1v) is 8.94. The lowest BCUT2D eigenvalue weighted by atomic mass is 10.0. The first-order valence-electron chi connectivity index (χ1n) is 8.94. The second-order valence-electron chi connectivity index (χ2n) is 6.34. The number of anilines is 1. The van der Waals surface area contributed by atoms with Crippen molar-refractivity contribution >= 4 is 11.6 Å². The van der Waals surface area contributed by atoms with Crippen molar-refractivity contribution < 1.29 is 14.3 Å². The molecule has 3 aromatic rings. The Kier molecular flexibility index (Phi) is 4.74. The zero-order valence-corrected chi connectivity index (χ0v) is 15.7. The highest BCUT2D eigenvalue weighted by Gasteiger charge is 2.36. The lowest BCUT2D eigenvalue weighted by Crippen LogP contribution is -2.26. The third kappa shape index (κ3) is 3.08. The SMILES string of the molecule is COc1ccc(C#C[C@H]2c3ccccc3C(=O)N2c2ccccc2)cc1OC. The average Bonchev–Trinajstić information content (AvgIpc) is 3.04. The van der Waals surface area contributed by atoms with Crippen molar-refractivity contribution in [2.45, 2.75) is 6.04 Å². The van der Waals surface area contributed by atoms with E-state index in [0.29, 0.717) is 17.1 Å². The summed E-state index contributed by atoms with van der Waals surface area (Å²) < 4.78 is 10.6. The van der Waals surface area contributed by atoms with Crippen LogP contribution in [0.25, 0.3) is 0 Å². The standard InChI is InChI=1S/C24H19NO3/c1-27-22-15-13-17(16-23(22)28-2)12-14-21-19-10-6-7-11-20(19)24(26)25(21)18-8-4-3-5-9-18/h3-11,13,15-16,21H,1-2H3/t21-/m0/s1. The minimum atomic E-state index is -0.348. The summed E-state index contributed by atoms with van der Waals surface area (Å²) in [5.41, 5.74) is 3.24. The van der Waals surface area contributed by atoms with E-state index in [1.165, 1.54) is 0 Å². The molecular weight excluding hydrogens is 350 g/mol. The minimum absolute atomic E-state index is 0.0339. The number of ether oxygens (including phenoxy) is 2. The third-order valence-electron chi connectivity index (χ3n) is 4.73. The first-order chi connectivity index (χ1) is 13.7. The van der Waals surface area contributed by atoms with Crippen LogP contribution in [0.1, 0.15) is 27.5 Å². The van der Waals surface area contributed by atoms with Gasteiger partial charge < -0.3 is 9.47 Å². The predicted molar refractivity (Wildman–Crippen MR) is 109 cm³/mol. The Balaban J connectivity index is 1.77. The van der Waals surface area contributed by atoms with E-state index in [4.69, 9.17) is 9.47 Å². The Morgan fingerprint density at radius 2 is 1.57 bits per heavy atom. The number of para-hydroxylation sites is 1. The monoisotopic (exact) mass is 369 g/mol. The van der Waals surface area contributed by atoms with Crippen molar-refractivity contribution in [3.63, 3.8) is 0 Å². The number of methoxy groups -OCH3 is 2. The maximum absolute atomic E-state index is 13.0. The van der Waals surface area contributed by atoms with Crippen LogP contribution in [-0.2, 0) is 0 Å². The third-order valence-corrected chi connectivity index (χ3v) is 4.73. The number of amides is 1. The fourth-order valence-electron chi connectivity index (χ4n) is 3.38. The number of benzene rings is 3. The highest BCUT2D eigenvalue weighted by atomic mass is 16.5. The molecule has 0 unspecified atom stereocenters. The van der Waals surface area contributed by atoms with E-state index in [2.05, 4.69) is 11.8 Å². The Labute approximate surface area is 164 Å². The van der Waals surface area contributed by atoms with E-state index < -0.39 is 0 Å². The zero-order chi connectivity index (χ0) is 19.5. The predicted octanol–water partition coefficient (Wildman–Crippen LogP) is 4.46. The second-order valence-corrected chi connectivity index (χ2v) is 6.34. The lowest BCUT2D eigenvalue weighted by Gasteiger charge is -2.21. The van der Waals surface area contributed by atoms with Gasteiger partial charge in [0.1, 0.15) is 6.04 Å². The van der Waals surface area contributed by atoms with Crippen LogP contribution in [0.5, 0.6) is 11.5 Å². The Bertz CT molecular complexity index is 1080. The molecule has 0 aromatic heterocycles. The summed E-state index contributed by atoms with van der Waals surface area (Å²) >= 11 is 0. The van der Waals surface area contributed by atoms with Gasteiger partial charge in [-0.05, 0) is 42.0 Å². The summed E-state index contributed by atoms with van der Waals surface area (Å²) in [6, 6.07) is 22.4. The molecule has 1 heterocycles. The quantitative estimate of drug-likeness (QED) is 0.640. The molecule has 4 nitrogen and oxygen atoms in total. The molecule has 1 aliphatic rings. The summed E-state index contributed by atoms with van der Waals surface area (Å²) in [4.78, 5) is 14.8. The van der Waals surface area contributed by atoms with Gasteiger partial charge >= 0.3 is 0 Å². The van der Waals surface area contributed by atoms with Crippen molar-refractivity contribution in [2.75, 3.05) is 19.1 Å². The van der Waals surface area contributed by atoms with Gasteiger partial charge in [0.2, 0.25) is 0 Å². The molecule has 0 N–H and O–H groups in total. The van der Waals surface area contributed by atoms with E-state index in [1.807, 2.05) is 72.8 Å². The summed E-state index contributed by atoms with van der Waals surface area (Å²) in [6.07, 6.45) is 0. The van der Waals surface area contributed by atoms with Crippen LogP contribution in [0.15, 0.2) is 72.8 Å². The average molecular weight is 369 g/mol. The first kappa shape index (κ1) is 17.7. The highest BCUT2D eigenvalue weighted by Crippen LogP contribution is 2.37. The van der Waals surface area contributed by atoms with Gasteiger partial charge in [-0.3, -0.25) is 9.69 Å². The Morgan fingerprint density at radius 3 is 2.32 bits per heavy atom. The summed E-state index contributed by atoms with van der Waals surface area (Å²) in [6.45, 7) is 0. The molecule has 0 fully saturated rings. The molecule has 1 aliphatic heterocycles. The molecule has 0 aliphatic carbocycles. The molecule has 3 aromatic carbocycles. The van der Waals surface area contributed by atoms with E-state index in [1.54, 1.807) is 19.1 Å². The van der Waals surface area contributed by atoms with Crippen LogP contribution in [0.2, 0.25) is 0 Å². The van der Waals surface area contributed by atoms with Crippen LogP contribution in [-0.4, -0.2) is 20.1 Å². The van der Waals surface area contributed by atoms with E-state index in [0.717, 1.165) is 16.8 Å². The van der Waals surface area contributed by atoms with Gasteiger partial charge in [0.05, 0.1) is 14.2 Å². The molecule has 0 radical (unpaired) electrons. The second kappa shape index (κ2) is 7.50. The van der Waals surface area contributed by atoms with Gasteiger partial charge in [0, 0.05) is 16.8 Å². The maximum Gasteiger partial charge on any atom is 0.260 e. The van der Waals surface area contributed by atoms with Crippen LogP contribution < -0.4 is 14.4 Å². The fraction of sp³-hybridized carbons (Fsp3) is 0.125. The molecule has 138 valence electrons. The van der Waals surface area contributed by atoms with Gasteiger partial charge in [-0.1, -0.05) is 48.2 Å². The number of carbonyl (C=O) groups excluding carboxylic acids is 1. The number of rotatable bonds is 3. The van der Waals surface area contributed by atoms with E-state index >= 15 is 0 Å². The number of nitrogens with zero attached hydrogens (tertiary/aromatic N) is 1. The molecule has 1 atom stereocenters. The molecule has 28 heavy (non-hydrogen) atoms. The highest BCUT2D eigenvalue weighted by molar-refractivity contribution is 6.11. The Morgan fingerprint density at radius 1 is 0.857 bits per heavy atom. The number of hydrogen-bond donors (Lipinski definition) is 0. The topological polar surface area (TPSA) is 38.8 Å². The normalized spacial score (nSPS) is 14.9. The lowest BCUT2D eigenvalue weighted by molar-refractivity contribution is 0.0994. The molecular formula is C24H19NO3. The van der Waals surface area contributed by atoms with Crippen molar-refractivity contribution in [2.24, 2.45) is 0 Å². The van der Waals surface area contributed by atoms with E-state index in [-0.39, 0.29) is 11.9 Å². The van der Waals surface area contributed by atoms with Crippen molar-refractivity contribution in [1.29, 1.82) is 0 Å². The number of hydrogen-bond acceptors (Lipinski definition) is 3. The van der Waals surface area contributed by atoms with Crippen molar-refractivity contribution in [1.82, 2.24) is 0 Å². The smallest absolute Gasteiger partial charge is 0.260 e. The maximum atomic E-state index is 13.0. The zero-order valence-electron chi connectivity index (χ0n) is 15.7. The van der Waals surface area contributed by atoms with Crippen LogP contribution in [0, 0.1) is 11.8 Å². The van der Waals surface area contributed by atoms with Gasteiger partial charge in [0.25, 0.3) is 5.91 Å². The van der Waals surface area contributed by atoms with Gasteiger partial charge in [-0.2, -0.15) is 0 Å². The molecule has 1 amide bonds. The molecule has 0 spiro atoms. The summed E-state index contributed by atoms with van der Waals surface area (Å²) in [5, 5.41) is 0. The van der Waals surface area contributed by atoms with Crippen LogP contribution >= 0.6 is 0 Å². The largest absolute Gasteiger partial charge is 0.493 e. The molecule has 4 rings (SSSR count). The fourth-order valence-corrected chi connectivity index (χ4v) is 3.38. The summed E-state index contributed by atoms with van der Waals surface area (Å²) in [5.74, 6) is 7.72. The molecule has 0 saturated heterocycles. The molecule has 4 heteroatoms. The van der Waals surface area contributed by atoms with Crippen molar-refractivity contribution in [3.05, 3.63) is 89.5 Å². The van der Waals surface area contributed by atoms with Gasteiger partial charge in [-0.15, -0.1) is 0 Å². The number of carbonyl (C=O) groups is 1. The van der Waals surface area contributed by atoms with Crippen molar-refractivity contribution in [3.8, 4) is 23.3 Å². The van der Waals surface area contributed by atoms with Gasteiger partial charge in [0.15, 0.2) is 11.5 Å². The van der Waals surface area contributed by atoms with Crippen LogP contribution in [0.4, 0.5) is 5.69 Å². The minimum Gasteiger partial charge on any atom is -0.493 e. The molecule has 0 saturated carbocycles.